The molecule has 0 radical (unpaired) electrons. The molecule has 4 nitrogen and oxygen atoms in total. The van der Waals surface area contributed by atoms with Crippen LogP contribution in [0.25, 0.3) is 0 Å². The Bertz CT molecular complexity index is 414. The molecule has 5 heteroatoms. The fourth-order valence-electron chi connectivity index (χ4n) is 1.11. The summed E-state index contributed by atoms with van der Waals surface area (Å²) in [6.45, 7) is 3.68. The van der Waals surface area contributed by atoms with Crippen LogP contribution in [0.1, 0.15) is 11.1 Å². The average Bonchev–Trinajstić information content (AvgIpc) is 2.12. The lowest BCUT2D eigenvalue weighted by molar-refractivity contribution is -0.106. The van der Waals surface area contributed by atoms with Crippen molar-refractivity contribution in [1.82, 2.24) is 0 Å². The molecule has 15 heavy (non-hydrogen) atoms. The number of carbonyl (C=O) groups is 1. The van der Waals surface area contributed by atoms with E-state index in [-0.39, 0.29) is 0 Å². The van der Waals surface area contributed by atoms with Gasteiger partial charge in [-0.05, 0) is 31.0 Å². The minimum Gasteiger partial charge on any atom is -0.424 e. The lowest BCUT2D eigenvalue weighted by Gasteiger charge is -2.13. The summed E-state index contributed by atoms with van der Waals surface area (Å²) >= 11 is 0. The molecule has 0 heterocycles. The van der Waals surface area contributed by atoms with Crippen LogP contribution in [0.15, 0.2) is 18.2 Å². The predicted octanol–water partition coefficient (Wildman–Crippen LogP) is 2.07. The van der Waals surface area contributed by atoms with Gasteiger partial charge < -0.3 is 14.2 Å². The maximum absolute atomic E-state index is 11.3. The van der Waals surface area contributed by atoms with Gasteiger partial charge in [0.15, 0.2) is 0 Å². The third-order valence-electron chi connectivity index (χ3n) is 2.10. The van der Waals surface area contributed by atoms with Crippen LogP contribution in [0.4, 0.5) is 0 Å². The van der Waals surface area contributed by atoms with Crippen LogP contribution >= 0.6 is 7.60 Å². The van der Waals surface area contributed by atoms with Crippen LogP contribution in [-0.4, -0.2) is 17.3 Å². The maximum Gasteiger partial charge on any atom is 0.383 e. The first-order chi connectivity index (χ1) is 6.96. The highest BCUT2D eigenvalue weighted by molar-refractivity contribution is 7.54. The molecule has 1 unspecified atom stereocenters. The van der Waals surface area contributed by atoms with Gasteiger partial charge in [-0.15, -0.1) is 0 Å². The Balaban J connectivity index is 2.94. The van der Waals surface area contributed by atoms with Crippen molar-refractivity contribution in [3.05, 3.63) is 29.3 Å². The molecule has 1 aromatic rings. The Morgan fingerprint density at radius 3 is 2.73 bits per heavy atom. The van der Waals surface area contributed by atoms with Crippen molar-refractivity contribution in [3.8, 4) is 5.75 Å². The Hall–Kier alpha value is -1.12. The first-order valence-corrected chi connectivity index (χ1v) is 6.24. The molecule has 0 aliphatic carbocycles. The van der Waals surface area contributed by atoms with Gasteiger partial charge in [0.1, 0.15) is 18.2 Å². The Kier molecular flexibility index (Phi) is 3.66. The number of rotatable bonds is 4. The quantitative estimate of drug-likeness (QED) is 0.632. The first kappa shape index (κ1) is 12.0. The van der Waals surface area contributed by atoms with Gasteiger partial charge in [0.25, 0.3) is 0 Å². The monoisotopic (exact) mass is 228 g/mol. The number of carbonyl (C=O) groups excluding carboxylic acids is 1. The SMILES string of the molecule is Cc1cccc(OP(=O)(O)CC=O)c1C. The minimum absolute atomic E-state index is 0.350. The van der Waals surface area contributed by atoms with Crippen LogP contribution in [0.3, 0.4) is 0 Å². The van der Waals surface area contributed by atoms with Crippen LogP contribution in [0, 0.1) is 13.8 Å². The molecule has 0 aliphatic heterocycles. The summed E-state index contributed by atoms with van der Waals surface area (Å²) in [5.41, 5.74) is 1.77. The highest BCUT2D eigenvalue weighted by Gasteiger charge is 2.21. The molecule has 0 fully saturated rings. The zero-order valence-electron chi connectivity index (χ0n) is 8.64. The molecule has 1 rings (SSSR count). The third-order valence-corrected chi connectivity index (χ3v) is 3.19. The van der Waals surface area contributed by atoms with E-state index in [9.17, 15) is 14.3 Å². The molecule has 0 saturated heterocycles. The summed E-state index contributed by atoms with van der Waals surface area (Å²) in [7, 11) is -3.83. The Morgan fingerprint density at radius 1 is 1.47 bits per heavy atom. The highest BCUT2D eigenvalue weighted by atomic mass is 31.2. The summed E-state index contributed by atoms with van der Waals surface area (Å²) in [5.74, 6) is 0.350. The fourth-order valence-corrected chi connectivity index (χ4v) is 1.88. The molecule has 0 aliphatic rings. The number of aryl methyl sites for hydroxylation is 1. The first-order valence-electron chi connectivity index (χ1n) is 4.47. The molecule has 0 bridgehead atoms. The molecule has 0 saturated carbocycles. The Labute approximate surface area is 88.4 Å². The summed E-state index contributed by atoms with van der Waals surface area (Å²) in [6, 6.07) is 5.22. The van der Waals surface area contributed by atoms with Gasteiger partial charge in [-0.3, -0.25) is 0 Å². The molecule has 0 spiro atoms. The second kappa shape index (κ2) is 4.60. The van der Waals surface area contributed by atoms with E-state index < -0.39 is 13.8 Å². The van der Waals surface area contributed by atoms with Gasteiger partial charge in [0.05, 0.1) is 0 Å². The molecule has 0 aromatic heterocycles. The van der Waals surface area contributed by atoms with E-state index in [1.165, 1.54) is 0 Å². The second-order valence-electron chi connectivity index (χ2n) is 3.28. The number of aldehydes is 1. The largest absolute Gasteiger partial charge is 0.424 e. The van der Waals surface area contributed by atoms with Crippen molar-refractivity contribution < 1.29 is 18.8 Å². The molecule has 1 atom stereocenters. The van der Waals surface area contributed by atoms with Crippen LogP contribution in [0.5, 0.6) is 5.75 Å². The van der Waals surface area contributed by atoms with Crippen molar-refractivity contribution in [1.29, 1.82) is 0 Å². The van der Waals surface area contributed by atoms with Gasteiger partial charge in [-0.1, -0.05) is 12.1 Å². The second-order valence-corrected chi connectivity index (χ2v) is 5.10. The molecule has 82 valence electrons. The number of hydrogen-bond acceptors (Lipinski definition) is 3. The molecule has 0 amide bonds. The summed E-state index contributed by atoms with van der Waals surface area (Å²) in [6.07, 6.45) is -0.105. The minimum atomic E-state index is -3.83. The Morgan fingerprint density at radius 2 is 2.13 bits per heavy atom. The van der Waals surface area contributed by atoms with Crippen molar-refractivity contribution in [2.45, 2.75) is 13.8 Å². The van der Waals surface area contributed by atoms with Crippen LogP contribution in [-0.2, 0) is 9.36 Å². The number of benzene rings is 1. The zero-order valence-corrected chi connectivity index (χ0v) is 9.53. The summed E-state index contributed by atoms with van der Waals surface area (Å²) in [5, 5.41) is 0. The highest BCUT2D eigenvalue weighted by Crippen LogP contribution is 2.42. The molecule has 1 N–H and O–H groups in total. The van der Waals surface area contributed by atoms with E-state index in [0.29, 0.717) is 12.0 Å². The van der Waals surface area contributed by atoms with Gasteiger partial charge in [0, 0.05) is 0 Å². The maximum atomic E-state index is 11.3. The zero-order chi connectivity index (χ0) is 11.5. The van der Waals surface area contributed by atoms with Gasteiger partial charge >= 0.3 is 7.60 Å². The topological polar surface area (TPSA) is 63.6 Å². The lowest BCUT2D eigenvalue weighted by atomic mass is 10.1. The van der Waals surface area contributed by atoms with Crippen molar-refractivity contribution in [2.24, 2.45) is 0 Å². The predicted molar refractivity (Wildman–Crippen MR) is 57.3 cm³/mol. The normalized spacial score (nSPS) is 14.3. The third kappa shape index (κ3) is 3.18. The standard InChI is InChI=1S/C10H13O4P/c1-8-4-3-5-10(9(8)2)14-15(12,13)7-6-11/h3-6H,7H2,1-2H3,(H,12,13). The van der Waals surface area contributed by atoms with E-state index in [2.05, 4.69) is 0 Å². The van der Waals surface area contributed by atoms with E-state index in [1.807, 2.05) is 13.0 Å². The van der Waals surface area contributed by atoms with Crippen molar-refractivity contribution in [3.63, 3.8) is 0 Å². The van der Waals surface area contributed by atoms with Gasteiger partial charge in [-0.2, -0.15) is 0 Å². The van der Waals surface area contributed by atoms with E-state index in [0.717, 1.165) is 11.1 Å². The summed E-state index contributed by atoms with van der Waals surface area (Å²) in [4.78, 5) is 19.4. The van der Waals surface area contributed by atoms with E-state index >= 15 is 0 Å². The average molecular weight is 228 g/mol. The molecular formula is C10H13O4P. The fraction of sp³-hybridized carbons (Fsp3) is 0.300. The van der Waals surface area contributed by atoms with E-state index in [4.69, 9.17) is 4.52 Å². The van der Waals surface area contributed by atoms with Crippen molar-refractivity contribution >= 4 is 13.9 Å². The van der Waals surface area contributed by atoms with Gasteiger partial charge in [0.2, 0.25) is 0 Å². The molecule has 1 aromatic carbocycles. The van der Waals surface area contributed by atoms with E-state index in [1.54, 1.807) is 19.1 Å². The van der Waals surface area contributed by atoms with Gasteiger partial charge in [-0.25, -0.2) is 4.57 Å². The molecular weight excluding hydrogens is 215 g/mol. The smallest absolute Gasteiger partial charge is 0.383 e. The van der Waals surface area contributed by atoms with Crippen molar-refractivity contribution in [2.75, 3.05) is 6.16 Å². The van der Waals surface area contributed by atoms with Crippen LogP contribution < -0.4 is 4.52 Å². The van der Waals surface area contributed by atoms with Crippen LogP contribution in [0.2, 0.25) is 0 Å². The lowest BCUT2D eigenvalue weighted by Crippen LogP contribution is -1.99. The number of hydrogen-bond donors (Lipinski definition) is 1. The summed E-state index contributed by atoms with van der Waals surface area (Å²) < 4.78 is 16.3.